The highest BCUT2D eigenvalue weighted by Crippen LogP contribution is 2.36. The predicted octanol–water partition coefficient (Wildman–Crippen LogP) is 5.99. The summed E-state index contributed by atoms with van der Waals surface area (Å²) in [7, 11) is 1.51. The van der Waals surface area contributed by atoms with Gasteiger partial charge in [0.15, 0.2) is 23.0 Å². The molecule has 0 radical (unpaired) electrons. The first-order valence-electron chi connectivity index (χ1n) is 14.2. The average molecular weight is 603 g/mol. The van der Waals surface area contributed by atoms with Crippen LogP contribution in [0, 0.1) is 5.82 Å². The second-order valence-corrected chi connectivity index (χ2v) is 9.89. The number of methoxy groups -OCH3 is 1. The highest BCUT2D eigenvalue weighted by atomic mass is 19.1. The van der Waals surface area contributed by atoms with Crippen LogP contribution in [0.15, 0.2) is 72.8 Å². The standard InChI is InChI=1S/C34H35FN2O7/c1-5-8-25-16-24(19-30(42-7-3)31(25)44-21-22-9-12-26(35)13-10-22)17-27-32(38)36-34(40)37(33(27)39)20-23-11-14-28(43-15-6-2)29(18-23)41-4/h5,9-14,16-19H,1,6-8,15,20-21H2,2-4H3,(H,36,38,40)/b27-17+. The fraction of sp³-hybridized carbons (Fsp3) is 0.265. The highest BCUT2D eigenvalue weighted by Gasteiger charge is 2.36. The van der Waals surface area contributed by atoms with Crippen molar-refractivity contribution in [2.24, 2.45) is 0 Å². The third-order valence-corrected chi connectivity index (χ3v) is 6.64. The summed E-state index contributed by atoms with van der Waals surface area (Å²) in [6, 6.07) is 13.7. The molecule has 0 spiro atoms. The van der Waals surface area contributed by atoms with Gasteiger partial charge in [0.05, 0.1) is 26.9 Å². The van der Waals surface area contributed by atoms with Gasteiger partial charge in [-0.3, -0.25) is 19.8 Å². The summed E-state index contributed by atoms with van der Waals surface area (Å²) in [5, 5.41) is 2.26. The number of rotatable bonds is 14. The molecule has 4 amide bonds. The number of carbonyl (C=O) groups is 3. The first kappa shape index (κ1) is 31.8. The van der Waals surface area contributed by atoms with Crippen LogP contribution >= 0.6 is 0 Å². The van der Waals surface area contributed by atoms with E-state index in [1.54, 1.807) is 48.5 Å². The normalized spacial score (nSPS) is 14.0. The third kappa shape index (κ3) is 7.63. The monoisotopic (exact) mass is 602 g/mol. The lowest BCUT2D eigenvalue weighted by molar-refractivity contribution is -0.130. The maximum atomic E-state index is 13.5. The van der Waals surface area contributed by atoms with Crippen molar-refractivity contribution in [3.05, 3.63) is 101 Å². The Morgan fingerprint density at radius 1 is 0.909 bits per heavy atom. The van der Waals surface area contributed by atoms with E-state index in [9.17, 15) is 18.8 Å². The lowest BCUT2D eigenvalue weighted by atomic mass is 10.0. The van der Waals surface area contributed by atoms with E-state index in [4.69, 9.17) is 18.9 Å². The van der Waals surface area contributed by atoms with E-state index in [0.717, 1.165) is 16.9 Å². The molecule has 3 aromatic rings. The van der Waals surface area contributed by atoms with Gasteiger partial charge in [0.25, 0.3) is 11.8 Å². The molecular weight excluding hydrogens is 567 g/mol. The molecular formula is C34H35FN2O7. The van der Waals surface area contributed by atoms with Crippen LogP contribution in [0.4, 0.5) is 9.18 Å². The topological polar surface area (TPSA) is 103 Å². The number of hydrogen-bond donors (Lipinski definition) is 1. The van der Waals surface area contributed by atoms with Crippen molar-refractivity contribution < 1.29 is 37.7 Å². The number of imide groups is 2. The number of urea groups is 1. The molecule has 0 aliphatic carbocycles. The van der Waals surface area contributed by atoms with Crippen molar-refractivity contribution in [3.8, 4) is 23.0 Å². The fourth-order valence-corrected chi connectivity index (χ4v) is 4.57. The van der Waals surface area contributed by atoms with Gasteiger partial charge in [-0.05, 0) is 78.9 Å². The van der Waals surface area contributed by atoms with Crippen LogP contribution < -0.4 is 24.3 Å². The van der Waals surface area contributed by atoms with Crippen molar-refractivity contribution in [2.45, 2.75) is 39.8 Å². The number of hydrogen-bond acceptors (Lipinski definition) is 7. The van der Waals surface area contributed by atoms with Crippen molar-refractivity contribution in [2.75, 3.05) is 20.3 Å². The van der Waals surface area contributed by atoms with Crippen LogP contribution in [0.2, 0.25) is 0 Å². The molecule has 0 saturated carbocycles. The van der Waals surface area contributed by atoms with E-state index in [2.05, 4.69) is 11.9 Å². The summed E-state index contributed by atoms with van der Waals surface area (Å²) < 4.78 is 36.4. The third-order valence-electron chi connectivity index (χ3n) is 6.64. The largest absolute Gasteiger partial charge is 0.493 e. The van der Waals surface area contributed by atoms with Crippen LogP contribution in [0.5, 0.6) is 23.0 Å². The molecule has 0 aromatic heterocycles. The lowest BCUT2D eigenvalue weighted by Gasteiger charge is -2.26. The van der Waals surface area contributed by atoms with Crippen LogP contribution in [0.25, 0.3) is 6.08 Å². The summed E-state index contributed by atoms with van der Waals surface area (Å²) in [4.78, 5) is 40.1. The molecule has 1 aliphatic heterocycles. The molecule has 1 fully saturated rings. The van der Waals surface area contributed by atoms with Crippen molar-refractivity contribution in [3.63, 3.8) is 0 Å². The number of nitrogens with one attached hydrogen (secondary N) is 1. The van der Waals surface area contributed by atoms with Gasteiger partial charge in [-0.25, -0.2) is 9.18 Å². The van der Waals surface area contributed by atoms with E-state index in [-0.39, 0.29) is 24.5 Å². The smallest absolute Gasteiger partial charge is 0.331 e. The first-order valence-corrected chi connectivity index (χ1v) is 14.2. The molecule has 1 N–H and O–H groups in total. The zero-order valence-corrected chi connectivity index (χ0v) is 25.0. The molecule has 0 atom stereocenters. The van der Waals surface area contributed by atoms with Gasteiger partial charge in [-0.15, -0.1) is 6.58 Å². The van der Waals surface area contributed by atoms with E-state index in [0.29, 0.717) is 59.3 Å². The Bertz CT molecular complexity index is 1570. The van der Waals surface area contributed by atoms with E-state index in [1.807, 2.05) is 13.8 Å². The Labute approximate surface area is 255 Å². The first-order chi connectivity index (χ1) is 21.3. The zero-order valence-electron chi connectivity index (χ0n) is 25.0. The Morgan fingerprint density at radius 2 is 1.66 bits per heavy atom. The van der Waals surface area contributed by atoms with Gasteiger partial charge in [0.1, 0.15) is 18.0 Å². The number of carbonyl (C=O) groups excluding carboxylic acids is 3. The van der Waals surface area contributed by atoms with Crippen LogP contribution in [0.3, 0.4) is 0 Å². The number of barbiturate groups is 1. The number of nitrogens with zero attached hydrogens (tertiary/aromatic N) is 1. The molecule has 9 nitrogen and oxygen atoms in total. The summed E-state index contributed by atoms with van der Waals surface area (Å²) >= 11 is 0. The molecule has 1 heterocycles. The minimum atomic E-state index is -0.825. The molecule has 230 valence electrons. The summed E-state index contributed by atoms with van der Waals surface area (Å²) in [5.41, 5.74) is 2.35. The second-order valence-electron chi connectivity index (χ2n) is 9.89. The van der Waals surface area contributed by atoms with E-state index < -0.39 is 17.8 Å². The highest BCUT2D eigenvalue weighted by molar-refractivity contribution is 6.31. The lowest BCUT2D eigenvalue weighted by Crippen LogP contribution is -2.53. The average Bonchev–Trinajstić information content (AvgIpc) is 3.01. The van der Waals surface area contributed by atoms with Gasteiger partial charge >= 0.3 is 6.03 Å². The molecule has 4 rings (SSSR count). The molecule has 10 heteroatoms. The number of allylic oxidation sites excluding steroid dienone is 1. The summed E-state index contributed by atoms with van der Waals surface area (Å²) in [6.45, 7) is 8.55. The molecule has 44 heavy (non-hydrogen) atoms. The minimum Gasteiger partial charge on any atom is -0.493 e. The molecule has 0 bridgehead atoms. The molecule has 1 aliphatic rings. The van der Waals surface area contributed by atoms with Gasteiger partial charge < -0.3 is 18.9 Å². The summed E-state index contributed by atoms with van der Waals surface area (Å²) in [6.07, 6.45) is 4.33. The second kappa shape index (κ2) is 14.9. The number of ether oxygens (including phenoxy) is 4. The van der Waals surface area contributed by atoms with Crippen LogP contribution in [-0.2, 0) is 29.2 Å². The minimum absolute atomic E-state index is 0.0955. The Morgan fingerprint density at radius 3 is 2.34 bits per heavy atom. The van der Waals surface area contributed by atoms with Gasteiger partial charge in [-0.2, -0.15) is 0 Å². The quantitative estimate of drug-likeness (QED) is 0.137. The predicted molar refractivity (Wildman–Crippen MR) is 163 cm³/mol. The molecule has 0 unspecified atom stereocenters. The van der Waals surface area contributed by atoms with Gasteiger partial charge in [0.2, 0.25) is 0 Å². The maximum absolute atomic E-state index is 13.5. The van der Waals surface area contributed by atoms with Crippen molar-refractivity contribution in [1.29, 1.82) is 0 Å². The van der Waals surface area contributed by atoms with Gasteiger partial charge in [0, 0.05) is 5.56 Å². The SMILES string of the molecule is C=CCc1cc(/C=C2\C(=O)NC(=O)N(Cc3ccc(OCCC)c(OC)c3)C2=O)cc(OCC)c1OCc1ccc(F)cc1. The fourth-order valence-electron chi connectivity index (χ4n) is 4.57. The number of halogens is 1. The Balaban J connectivity index is 1.63. The number of benzene rings is 3. The number of amides is 4. The Hall–Kier alpha value is -5.12. The van der Waals surface area contributed by atoms with E-state index in [1.165, 1.54) is 25.3 Å². The maximum Gasteiger partial charge on any atom is 0.331 e. The zero-order chi connectivity index (χ0) is 31.6. The molecule has 1 saturated heterocycles. The van der Waals surface area contributed by atoms with Gasteiger partial charge in [-0.1, -0.05) is 31.2 Å². The van der Waals surface area contributed by atoms with Crippen LogP contribution in [-0.4, -0.2) is 43.1 Å². The summed E-state index contributed by atoms with van der Waals surface area (Å²) in [5.74, 6) is -0.0170. The van der Waals surface area contributed by atoms with Crippen molar-refractivity contribution in [1.82, 2.24) is 10.2 Å². The molecule has 3 aromatic carbocycles. The van der Waals surface area contributed by atoms with E-state index >= 15 is 0 Å². The van der Waals surface area contributed by atoms with Crippen molar-refractivity contribution >= 4 is 23.9 Å². The van der Waals surface area contributed by atoms with Crippen LogP contribution in [0.1, 0.15) is 42.5 Å². The Kier molecular flexibility index (Phi) is 10.7.